The number of thiazole rings is 1. The van der Waals surface area contributed by atoms with Gasteiger partial charge in [0.1, 0.15) is 0 Å². The van der Waals surface area contributed by atoms with Crippen LogP contribution in [0.15, 0.2) is 11.6 Å². The minimum atomic E-state index is 0.150. The maximum atomic E-state index is 12.0. The van der Waals surface area contributed by atoms with Gasteiger partial charge in [-0.05, 0) is 19.4 Å². The van der Waals surface area contributed by atoms with E-state index < -0.39 is 0 Å². The molecule has 2 heterocycles. The molecule has 2 rings (SSSR count). The van der Waals surface area contributed by atoms with Gasteiger partial charge in [0.25, 0.3) is 0 Å². The molecule has 1 aromatic rings. The van der Waals surface area contributed by atoms with Crippen LogP contribution in [0.5, 0.6) is 0 Å². The van der Waals surface area contributed by atoms with Crippen LogP contribution < -0.4 is 4.90 Å². The largest absolute Gasteiger partial charge is 0.379 e. The molecule has 0 N–H and O–H groups in total. The number of nitrogens with zero attached hydrogens (tertiary/aromatic N) is 3. The van der Waals surface area contributed by atoms with Gasteiger partial charge in [0.2, 0.25) is 5.91 Å². The Labute approximate surface area is 118 Å². The average molecular weight is 283 g/mol. The number of hydrogen-bond donors (Lipinski definition) is 0. The van der Waals surface area contributed by atoms with Crippen molar-refractivity contribution in [3.8, 4) is 0 Å². The minimum Gasteiger partial charge on any atom is -0.379 e. The number of aromatic nitrogens is 1. The second-order valence-corrected chi connectivity index (χ2v) is 5.55. The number of hydrogen-bond acceptors (Lipinski definition) is 5. The molecule has 1 aliphatic heterocycles. The smallest absolute Gasteiger partial charge is 0.228 e. The normalized spacial score (nSPS) is 16.5. The van der Waals surface area contributed by atoms with Crippen LogP contribution in [0.2, 0.25) is 0 Å². The van der Waals surface area contributed by atoms with Crippen LogP contribution in [0, 0.1) is 0 Å². The first-order valence-corrected chi connectivity index (χ1v) is 7.61. The first kappa shape index (κ1) is 14.4. The first-order chi connectivity index (χ1) is 9.27. The van der Waals surface area contributed by atoms with E-state index in [-0.39, 0.29) is 5.91 Å². The molecule has 0 bridgehead atoms. The summed E-state index contributed by atoms with van der Waals surface area (Å²) in [6, 6.07) is 0. The fraction of sp³-hybridized carbons (Fsp3) is 0.692. The molecule has 0 aliphatic carbocycles. The molecule has 1 fully saturated rings. The number of ether oxygens (including phenoxy) is 1. The average Bonchev–Trinajstić information content (AvgIpc) is 2.98. The lowest BCUT2D eigenvalue weighted by atomic mass is 10.2. The summed E-state index contributed by atoms with van der Waals surface area (Å²) in [5, 5.41) is 2.66. The van der Waals surface area contributed by atoms with Gasteiger partial charge in [-0.25, -0.2) is 4.98 Å². The van der Waals surface area contributed by atoms with E-state index in [4.69, 9.17) is 4.74 Å². The predicted octanol–water partition coefficient (Wildman–Crippen LogP) is 1.61. The molecule has 1 aromatic heterocycles. The molecule has 19 heavy (non-hydrogen) atoms. The highest BCUT2D eigenvalue weighted by Gasteiger charge is 2.13. The zero-order valence-electron chi connectivity index (χ0n) is 11.4. The summed E-state index contributed by atoms with van der Waals surface area (Å²) in [6.45, 7) is 4.79. The molecule has 0 unspecified atom stereocenters. The maximum Gasteiger partial charge on any atom is 0.228 e. The lowest BCUT2D eigenvalue weighted by Gasteiger charge is -2.26. The Morgan fingerprint density at radius 3 is 2.95 bits per heavy atom. The topological polar surface area (TPSA) is 45.7 Å². The quantitative estimate of drug-likeness (QED) is 0.744. The molecule has 0 atom stereocenters. The second kappa shape index (κ2) is 7.57. The molecular weight excluding hydrogens is 262 g/mol. The van der Waals surface area contributed by atoms with Gasteiger partial charge < -0.3 is 4.74 Å². The zero-order valence-corrected chi connectivity index (χ0v) is 12.2. The highest BCUT2D eigenvalue weighted by Crippen LogP contribution is 2.16. The molecule has 0 spiro atoms. The number of unbranched alkanes of at least 4 members (excludes halogenated alkanes) is 1. The number of morpholine rings is 1. The third-order valence-electron chi connectivity index (χ3n) is 3.30. The van der Waals surface area contributed by atoms with Gasteiger partial charge in [0, 0.05) is 38.1 Å². The van der Waals surface area contributed by atoms with Crippen molar-refractivity contribution in [2.75, 3.05) is 44.8 Å². The van der Waals surface area contributed by atoms with E-state index in [1.165, 1.54) is 11.3 Å². The molecule has 0 aromatic carbocycles. The van der Waals surface area contributed by atoms with Crippen LogP contribution in [-0.4, -0.2) is 55.7 Å². The van der Waals surface area contributed by atoms with E-state index in [0.29, 0.717) is 6.42 Å². The number of amides is 1. The standard InChI is InChI=1S/C13H21N3O2S/c1-15(13-14-5-11-19-13)12(17)4-2-3-6-16-7-9-18-10-8-16/h5,11H,2-4,6-10H2,1H3. The lowest BCUT2D eigenvalue weighted by Crippen LogP contribution is -2.36. The van der Waals surface area contributed by atoms with Crippen molar-refractivity contribution in [1.82, 2.24) is 9.88 Å². The summed E-state index contributed by atoms with van der Waals surface area (Å²) in [5.41, 5.74) is 0. The Hall–Kier alpha value is -0.980. The first-order valence-electron chi connectivity index (χ1n) is 6.73. The minimum absolute atomic E-state index is 0.150. The molecule has 6 heteroatoms. The Balaban J connectivity index is 1.61. The molecule has 0 saturated carbocycles. The molecule has 0 radical (unpaired) electrons. The monoisotopic (exact) mass is 283 g/mol. The Bertz CT molecular complexity index is 377. The summed E-state index contributed by atoms with van der Waals surface area (Å²) in [7, 11) is 1.79. The van der Waals surface area contributed by atoms with Crippen molar-refractivity contribution in [2.45, 2.75) is 19.3 Å². The van der Waals surface area contributed by atoms with Gasteiger partial charge in [0.05, 0.1) is 13.2 Å². The highest BCUT2D eigenvalue weighted by atomic mass is 32.1. The zero-order chi connectivity index (χ0) is 13.5. The van der Waals surface area contributed by atoms with Crippen LogP contribution in [0.25, 0.3) is 0 Å². The Kier molecular flexibility index (Phi) is 5.75. The SMILES string of the molecule is CN(C(=O)CCCCN1CCOCC1)c1nccs1. The molecule has 1 aliphatic rings. The van der Waals surface area contributed by atoms with E-state index in [1.54, 1.807) is 18.1 Å². The van der Waals surface area contributed by atoms with Crippen LogP contribution in [0.4, 0.5) is 5.13 Å². The lowest BCUT2D eigenvalue weighted by molar-refractivity contribution is -0.118. The van der Waals surface area contributed by atoms with Gasteiger partial charge in [-0.2, -0.15) is 0 Å². The van der Waals surface area contributed by atoms with Gasteiger partial charge in [-0.3, -0.25) is 14.6 Å². The molecular formula is C13H21N3O2S. The molecule has 106 valence electrons. The van der Waals surface area contributed by atoms with Crippen molar-refractivity contribution < 1.29 is 9.53 Å². The predicted molar refractivity (Wildman–Crippen MR) is 76.6 cm³/mol. The van der Waals surface area contributed by atoms with E-state index in [0.717, 1.165) is 50.8 Å². The summed E-state index contributed by atoms with van der Waals surface area (Å²) in [6.07, 6.45) is 4.33. The number of carbonyl (C=O) groups is 1. The van der Waals surface area contributed by atoms with E-state index >= 15 is 0 Å². The van der Waals surface area contributed by atoms with E-state index in [1.807, 2.05) is 5.38 Å². The fourth-order valence-electron chi connectivity index (χ4n) is 2.09. The van der Waals surface area contributed by atoms with Crippen molar-refractivity contribution in [3.05, 3.63) is 11.6 Å². The van der Waals surface area contributed by atoms with Crippen LogP contribution in [-0.2, 0) is 9.53 Å². The van der Waals surface area contributed by atoms with E-state index in [9.17, 15) is 4.79 Å². The van der Waals surface area contributed by atoms with Crippen molar-refractivity contribution in [3.63, 3.8) is 0 Å². The summed E-state index contributed by atoms with van der Waals surface area (Å²) >= 11 is 1.49. The molecule has 1 saturated heterocycles. The van der Waals surface area contributed by atoms with Gasteiger partial charge >= 0.3 is 0 Å². The summed E-state index contributed by atoms with van der Waals surface area (Å²) in [4.78, 5) is 20.1. The van der Waals surface area contributed by atoms with Crippen LogP contribution in [0.3, 0.4) is 0 Å². The molecule has 1 amide bonds. The molecule has 5 nitrogen and oxygen atoms in total. The number of rotatable bonds is 6. The number of anilines is 1. The second-order valence-electron chi connectivity index (χ2n) is 4.68. The van der Waals surface area contributed by atoms with Gasteiger partial charge in [-0.15, -0.1) is 11.3 Å². The van der Waals surface area contributed by atoms with Crippen LogP contribution >= 0.6 is 11.3 Å². The van der Waals surface area contributed by atoms with Crippen molar-refractivity contribution in [2.24, 2.45) is 0 Å². The van der Waals surface area contributed by atoms with Crippen molar-refractivity contribution in [1.29, 1.82) is 0 Å². The number of carbonyl (C=O) groups excluding carboxylic acids is 1. The van der Waals surface area contributed by atoms with Gasteiger partial charge in [-0.1, -0.05) is 0 Å². The van der Waals surface area contributed by atoms with Crippen LogP contribution in [0.1, 0.15) is 19.3 Å². The highest BCUT2D eigenvalue weighted by molar-refractivity contribution is 7.13. The van der Waals surface area contributed by atoms with E-state index in [2.05, 4.69) is 9.88 Å². The summed E-state index contributed by atoms with van der Waals surface area (Å²) < 4.78 is 5.31. The maximum absolute atomic E-state index is 12.0. The summed E-state index contributed by atoms with van der Waals surface area (Å²) in [5.74, 6) is 0.150. The third kappa shape index (κ3) is 4.56. The van der Waals surface area contributed by atoms with Crippen molar-refractivity contribution >= 4 is 22.4 Å². The Morgan fingerprint density at radius 2 is 2.26 bits per heavy atom. The fourth-order valence-corrected chi connectivity index (χ4v) is 2.72. The Morgan fingerprint density at radius 1 is 1.47 bits per heavy atom. The third-order valence-corrected chi connectivity index (χ3v) is 4.15. The van der Waals surface area contributed by atoms with Gasteiger partial charge in [0.15, 0.2) is 5.13 Å².